The van der Waals surface area contributed by atoms with Gasteiger partial charge in [0.25, 0.3) is 10.0 Å². The van der Waals surface area contributed by atoms with Crippen LogP contribution in [-0.2, 0) is 32.6 Å². The van der Waals surface area contributed by atoms with Crippen molar-refractivity contribution < 1.29 is 18.0 Å². The number of sulfonamides is 1. The minimum Gasteiger partial charge on any atom is -0.352 e. The van der Waals surface area contributed by atoms with Crippen molar-refractivity contribution in [3.63, 3.8) is 0 Å². The molecule has 0 spiro atoms. The number of rotatable bonds is 13. The molecule has 7 nitrogen and oxygen atoms in total. The zero-order valence-electron chi connectivity index (χ0n) is 26.1. The van der Waals surface area contributed by atoms with Gasteiger partial charge in [0, 0.05) is 24.0 Å². The summed E-state index contributed by atoms with van der Waals surface area (Å²) in [7, 11) is -4.16. The lowest BCUT2D eigenvalue weighted by molar-refractivity contribution is -0.140. The van der Waals surface area contributed by atoms with Gasteiger partial charge in [0.05, 0.1) is 10.6 Å². The number of benzene rings is 4. The lowest BCUT2D eigenvalue weighted by atomic mass is 10.0. The van der Waals surface area contributed by atoms with Gasteiger partial charge >= 0.3 is 0 Å². The zero-order chi connectivity index (χ0) is 32.6. The Labute approximate surface area is 271 Å². The quantitative estimate of drug-likeness (QED) is 0.175. The third-order valence-electron chi connectivity index (χ3n) is 7.78. The Bertz CT molecular complexity index is 1700. The smallest absolute Gasteiger partial charge is 0.264 e. The largest absolute Gasteiger partial charge is 0.352 e. The number of halogens is 1. The highest BCUT2D eigenvalue weighted by Gasteiger charge is 2.35. The Morgan fingerprint density at radius 1 is 0.844 bits per heavy atom. The molecule has 4 aromatic rings. The summed E-state index contributed by atoms with van der Waals surface area (Å²) in [6.07, 6.45) is 0.960. The van der Waals surface area contributed by atoms with Gasteiger partial charge in [-0.3, -0.25) is 13.9 Å². The van der Waals surface area contributed by atoms with E-state index in [0.29, 0.717) is 22.7 Å². The molecule has 0 aromatic heterocycles. The number of aryl methyl sites for hydroxylation is 2. The molecule has 0 saturated heterocycles. The maximum Gasteiger partial charge on any atom is 0.264 e. The fraction of sp³-hybridized carbons (Fsp3) is 0.278. The molecular weight excluding hydrogens is 606 g/mol. The molecule has 2 unspecified atom stereocenters. The second kappa shape index (κ2) is 15.2. The van der Waals surface area contributed by atoms with Gasteiger partial charge in [0.15, 0.2) is 0 Å². The van der Waals surface area contributed by atoms with Crippen molar-refractivity contribution >= 4 is 39.1 Å². The molecule has 4 aromatic carbocycles. The first-order valence-electron chi connectivity index (χ1n) is 15.0. The molecule has 2 amide bonds. The van der Waals surface area contributed by atoms with E-state index in [9.17, 15) is 18.0 Å². The molecule has 0 saturated carbocycles. The lowest BCUT2D eigenvalue weighted by Crippen LogP contribution is -2.54. The van der Waals surface area contributed by atoms with Crippen LogP contribution in [0.15, 0.2) is 108 Å². The van der Waals surface area contributed by atoms with E-state index >= 15 is 0 Å². The highest BCUT2D eigenvalue weighted by atomic mass is 35.5. The second-order valence-electron chi connectivity index (χ2n) is 11.3. The zero-order valence-corrected chi connectivity index (χ0v) is 27.7. The van der Waals surface area contributed by atoms with Crippen LogP contribution in [0.1, 0.15) is 42.5 Å². The number of amides is 2. The molecule has 0 aliphatic carbocycles. The average molecular weight is 646 g/mol. The summed E-state index contributed by atoms with van der Waals surface area (Å²) in [6.45, 7) is 7.16. The molecule has 236 valence electrons. The van der Waals surface area contributed by atoms with Crippen LogP contribution in [0.25, 0.3) is 0 Å². The molecular formula is C36H40ClN3O4S. The molecule has 4 rings (SSSR count). The van der Waals surface area contributed by atoms with Gasteiger partial charge in [-0.15, -0.1) is 0 Å². The second-order valence-corrected chi connectivity index (χ2v) is 13.6. The monoisotopic (exact) mass is 645 g/mol. The van der Waals surface area contributed by atoms with E-state index in [1.807, 2.05) is 70.2 Å². The summed E-state index contributed by atoms with van der Waals surface area (Å²) in [5.74, 6) is -0.815. The summed E-state index contributed by atoms with van der Waals surface area (Å²) >= 11 is 6.16. The molecule has 0 bridgehead atoms. The molecule has 45 heavy (non-hydrogen) atoms. The van der Waals surface area contributed by atoms with Crippen LogP contribution in [0.5, 0.6) is 0 Å². The minimum absolute atomic E-state index is 0.0679. The van der Waals surface area contributed by atoms with Crippen LogP contribution in [0.3, 0.4) is 0 Å². The first-order chi connectivity index (χ1) is 21.5. The van der Waals surface area contributed by atoms with Crippen LogP contribution < -0.4 is 9.62 Å². The third kappa shape index (κ3) is 8.74. The molecule has 0 fully saturated rings. The lowest BCUT2D eigenvalue weighted by Gasteiger charge is -2.34. The summed E-state index contributed by atoms with van der Waals surface area (Å²) in [6, 6.07) is 29.1. The van der Waals surface area contributed by atoms with Gasteiger partial charge in [-0.25, -0.2) is 8.42 Å². The minimum atomic E-state index is -4.16. The maximum absolute atomic E-state index is 14.6. The van der Waals surface area contributed by atoms with Crippen LogP contribution >= 0.6 is 11.6 Å². The van der Waals surface area contributed by atoms with E-state index in [1.54, 1.807) is 48.5 Å². The normalized spacial score (nSPS) is 12.6. The van der Waals surface area contributed by atoms with Gasteiger partial charge < -0.3 is 10.2 Å². The van der Waals surface area contributed by atoms with Crippen molar-refractivity contribution in [3.8, 4) is 0 Å². The van der Waals surface area contributed by atoms with Gasteiger partial charge in [-0.05, 0) is 79.8 Å². The molecule has 0 radical (unpaired) electrons. The summed E-state index contributed by atoms with van der Waals surface area (Å²) in [5, 5.41) is 3.60. The van der Waals surface area contributed by atoms with Crippen LogP contribution in [-0.4, -0.2) is 43.8 Å². The Balaban J connectivity index is 1.83. The Kier molecular flexibility index (Phi) is 11.4. The van der Waals surface area contributed by atoms with E-state index in [2.05, 4.69) is 5.32 Å². The summed E-state index contributed by atoms with van der Waals surface area (Å²) < 4.78 is 29.5. The topological polar surface area (TPSA) is 86.8 Å². The fourth-order valence-electron chi connectivity index (χ4n) is 5.00. The Hall–Kier alpha value is -4.14. The van der Waals surface area contributed by atoms with E-state index in [-0.39, 0.29) is 29.8 Å². The van der Waals surface area contributed by atoms with Gasteiger partial charge in [0.2, 0.25) is 11.8 Å². The highest BCUT2D eigenvalue weighted by molar-refractivity contribution is 7.92. The SMILES string of the molecule is CCC(C)NC(=O)C(Cc1ccccc1)N(Cc1ccc(Cl)cc1)C(=O)CN(c1cc(C)ccc1C)S(=O)(=O)c1ccccc1. The predicted molar refractivity (Wildman–Crippen MR) is 181 cm³/mol. The van der Waals surface area contributed by atoms with E-state index < -0.39 is 28.5 Å². The fourth-order valence-corrected chi connectivity index (χ4v) is 6.62. The summed E-state index contributed by atoms with van der Waals surface area (Å²) in [4.78, 5) is 30.1. The van der Waals surface area contributed by atoms with E-state index in [1.165, 1.54) is 17.0 Å². The maximum atomic E-state index is 14.6. The molecule has 9 heteroatoms. The first-order valence-corrected chi connectivity index (χ1v) is 16.8. The van der Waals surface area contributed by atoms with Crippen molar-refractivity contribution in [2.75, 3.05) is 10.8 Å². The van der Waals surface area contributed by atoms with Crippen LogP contribution in [0, 0.1) is 13.8 Å². The molecule has 2 atom stereocenters. The predicted octanol–water partition coefficient (Wildman–Crippen LogP) is 6.71. The number of carbonyl (C=O) groups is 2. The number of nitrogens with zero attached hydrogens (tertiary/aromatic N) is 2. The van der Waals surface area contributed by atoms with E-state index in [4.69, 9.17) is 11.6 Å². The Morgan fingerprint density at radius 2 is 1.47 bits per heavy atom. The highest BCUT2D eigenvalue weighted by Crippen LogP contribution is 2.29. The van der Waals surface area contributed by atoms with Crippen molar-refractivity contribution in [1.29, 1.82) is 0 Å². The number of carbonyl (C=O) groups excluding carboxylic acids is 2. The van der Waals surface area contributed by atoms with Crippen molar-refractivity contribution in [1.82, 2.24) is 10.2 Å². The molecule has 0 heterocycles. The van der Waals surface area contributed by atoms with Crippen molar-refractivity contribution in [3.05, 3.63) is 130 Å². The first kappa shape index (κ1) is 33.7. The molecule has 0 aliphatic rings. The van der Waals surface area contributed by atoms with Crippen molar-refractivity contribution in [2.45, 2.75) is 64.1 Å². The molecule has 1 N–H and O–H groups in total. The van der Waals surface area contributed by atoms with Gasteiger partial charge in [0.1, 0.15) is 12.6 Å². The summed E-state index contributed by atoms with van der Waals surface area (Å²) in [5.41, 5.74) is 3.59. The van der Waals surface area contributed by atoms with Crippen LogP contribution in [0.4, 0.5) is 5.69 Å². The molecule has 0 aliphatic heterocycles. The number of hydrogen-bond acceptors (Lipinski definition) is 4. The number of anilines is 1. The van der Waals surface area contributed by atoms with Gasteiger partial charge in [-0.1, -0.05) is 91.3 Å². The number of nitrogens with one attached hydrogen (secondary N) is 1. The van der Waals surface area contributed by atoms with E-state index in [0.717, 1.165) is 21.0 Å². The number of hydrogen-bond donors (Lipinski definition) is 1. The Morgan fingerprint density at radius 3 is 2.09 bits per heavy atom. The third-order valence-corrected chi connectivity index (χ3v) is 9.81. The van der Waals surface area contributed by atoms with Crippen LogP contribution in [0.2, 0.25) is 5.02 Å². The van der Waals surface area contributed by atoms with Gasteiger partial charge in [-0.2, -0.15) is 0 Å². The average Bonchev–Trinajstić information content (AvgIpc) is 3.04. The van der Waals surface area contributed by atoms with Crippen molar-refractivity contribution in [2.24, 2.45) is 0 Å². The standard InChI is InChI=1S/C36H40ClN3O4S/c1-5-28(4)38-36(42)34(23-29-12-8-6-9-13-29)39(24-30-18-20-31(37)21-19-30)35(41)25-40(33-22-26(2)16-17-27(33)3)45(43,44)32-14-10-7-11-15-32/h6-22,28,34H,5,23-25H2,1-4H3,(H,38,42).